The molecule has 6 nitrogen and oxygen atoms in total. The molecule has 170 valence electrons. The van der Waals surface area contributed by atoms with Gasteiger partial charge in [0.05, 0.1) is 12.2 Å². The van der Waals surface area contributed by atoms with Crippen LogP contribution in [0.2, 0.25) is 0 Å². The van der Waals surface area contributed by atoms with Gasteiger partial charge in [0, 0.05) is 12.2 Å². The number of aromatic nitrogens is 2. The Morgan fingerprint density at radius 3 is 2.48 bits per heavy atom. The maximum Gasteiger partial charge on any atom is 0.340 e. The Labute approximate surface area is 178 Å². The van der Waals surface area contributed by atoms with Crippen molar-refractivity contribution in [1.82, 2.24) is 15.3 Å². The summed E-state index contributed by atoms with van der Waals surface area (Å²) in [7, 11) is 0. The van der Waals surface area contributed by atoms with Crippen molar-refractivity contribution in [3.8, 4) is 5.75 Å². The van der Waals surface area contributed by atoms with E-state index in [0.29, 0.717) is 11.7 Å². The zero-order valence-corrected chi connectivity index (χ0v) is 17.8. The lowest BCUT2D eigenvalue weighted by Crippen LogP contribution is -2.33. The van der Waals surface area contributed by atoms with Crippen LogP contribution in [-0.2, 0) is 0 Å². The van der Waals surface area contributed by atoms with Crippen LogP contribution in [0.3, 0.4) is 0 Å². The SMILES string of the molecule is Cc1cc(C(C)NC(=O)c2ccc(OCC(F)(F)C(F)F)cn2)cc(NCC(C)C)n1. The lowest BCUT2D eigenvalue weighted by molar-refractivity contribution is -0.148. The molecular formula is C21H26F4N4O2. The van der Waals surface area contributed by atoms with Gasteiger partial charge in [-0.1, -0.05) is 13.8 Å². The van der Waals surface area contributed by atoms with Gasteiger partial charge in [-0.15, -0.1) is 0 Å². The molecule has 2 aromatic rings. The summed E-state index contributed by atoms with van der Waals surface area (Å²) in [5, 5.41) is 6.06. The third kappa shape index (κ3) is 7.37. The normalized spacial score (nSPS) is 12.7. The number of alkyl halides is 4. The fourth-order valence-electron chi connectivity index (χ4n) is 2.54. The van der Waals surface area contributed by atoms with E-state index in [1.807, 2.05) is 26.0 Å². The van der Waals surface area contributed by atoms with Gasteiger partial charge in [-0.3, -0.25) is 4.79 Å². The molecule has 0 saturated heterocycles. The van der Waals surface area contributed by atoms with Gasteiger partial charge in [0.2, 0.25) is 0 Å². The summed E-state index contributed by atoms with van der Waals surface area (Å²) in [6.07, 6.45) is -2.80. The Kier molecular flexibility index (Phi) is 8.18. The first-order valence-electron chi connectivity index (χ1n) is 9.76. The highest BCUT2D eigenvalue weighted by Gasteiger charge is 2.41. The molecule has 0 spiro atoms. The van der Waals surface area contributed by atoms with Crippen molar-refractivity contribution in [2.45, 2.75) is 46.1 Å². The first kappa shape index (κ1) is 24.4. The van der Waals surface area contributed by atoms with Crippen molar-refractivity contribution in [3.05, 3.63) is 47.4 Å². The summed E-state index contributed by atoms with van der Waals surface area (Å²) in [4.78, 5) is 20.8. The van der Waals surface area contributed by atoms with Gasteiger partial charge < -0.3 is 15.4 Å². The van der Waals surface area contributed by atoms with E-state index in [9.17, 15) is 22.4 Å². The molecule has 0 aliphatic heterocycles. The number of amides is 1. The first-order chi connectivity index (χ1) is 14.5. The molecule has 2 aromatic heterocycles. The summed E-state index contributed by atoms with van der Waals surface area (Å²) in [5.74, 6) is -3.73. The number of anilines is 1. The van der Waals surface area contributed by atoms with Crippen molar-refractivity contribution in [1.29, 1.82) is 0 Å². The van der Waals surface area contributed by atoms with Crippen molar-refractivity contribution in [2.24, 2.45) is 5.92 Å². The summed E-state index contributed by atoms with van der Waals surface area (Å²) in [6.45, 7) is 7.11. The van der Waals surface area contributed by atoms with Crippen LogP contribution in [0.15, 0.2) is 30.5 Å². The Bertz CT molecular complexity index is 876. The van der Waals surface area contributed by atoms with Crippen molar-refractivity contribution in [3.63, 3.8) is 0 Å². The number of carbonyl (C=O) groups is 1. The molecule has 10 heteroatoms. The topological polar surface area (TPSA) is 76.1 Å². The number of pyridine rings is 2. The average Bonchev–Trinajstić information content (AvgIpc) is 2.70. The van der Waals surface area contributed by atoms with Gasteiger partial charge in [-0.05, 0) is 49.6 Å². The largest absolute Gasteiger partial charge is 0.485 e. The number of carbonyl (C=O) groups excluding carboxylic acids is 1. The van der Waals surface area contributed by atoms with E-state index in [-0.39, 0.29) is 17.5 Å². The third-order valence-corrected chi connectivity index (χ3v) is 4.23. The Morgan fingerprint density at radius 2 is 1.90 bits per heavy atom. The molecule has 0 radical (unpaired) electrons. The van der Waals surface area contributed by atoms with E-state index in [1.165, 1.54) is 12.1 Å². The molecule has 1 amide bonds. The zero-order chi connectivity index (χ0) is 23.2. The molecule has 0 bridgehead atoms. The summed E-state index contributed by atoms with van der Waals surface area (Å²) < 4.78 is 54.8. The number of rotatable bonds is 10. The third-order valence-electron chi connectivity index (χ3n) is 4.23. The molecule has 0 aliphatic carbocycles. The van der Waals surface area contributed by atoms with Crippen LogP contribution in [0.25, 0.3) is 0 Å². The molecule has 0 saturated carbocycles. The van der Waals surface area contributed by atoms with Crippen LogP contribution in [0.1, 0.15) is 48.6 Å². The maximum atomic E-state index is 12.9. The van der Waals surface area contributed by atoms with E-state index in [2.05, 4.69) is 39.2 Å². The van der Waals surface area contributed by atoms with Crippen LogP contribution >= 0.6 is 0 Å². The first-order valence-corrected chi connectivity index (χ1v) is 9.76. The highest BCUT2D eigenvalue weighted by atomic mass is 19.3. The smallest absolute Gasteiger partial charge is 0.340 e. The minimum atomic E-state index is -4.27. The number of hydrogen-bond acceptors (Lipinski definition) is 5. The van der Waals surface area contributed by atoms with Crippen molar-refractivity contribution < 1.29 is 27.1 Å². The second-order valence-corrected chi connectivity index (χ2v) is 7.63. The second-order valence-electron chi connectivity index (χ2n) is 7.63. The molecule has 2 rings (SSSR count). The second kappa shape index (κ2) is 10.4. The monoisotopic (exact) mass is 442 g/mol. The van der Waals surface area contributed by atoms with Crippen LogP contribution in [0.4, 0.5) is 23.4 Å². The van der Waals surface area contributed by atoms with E-state index >= 15 is 0 Å². The molecule has 2 heterocycles. The van der Waals surface area contributed by atoms with E-state index in [4.69, 9.17) is 0 Å². The van der Waals surface area contributed by atoms with Crippen molar-refractivity contribution >= 4 is 11.7 Å². The Hall–Kier alpha value is -2.91. The molecule has 31 heavy (non-hydrogen) atoms. The van der Waals surface area contributed by atoms with Crippen LogP contribution < -0.4 is 15.4 Å². The van der Waals surface area contributed by atoms with Gasteiger partial charge in [0.1, 0.15) is 17.3 Å². The predicted molar refractivity (Wildman–Crippen MR) is 109 cm³/mol. The van der Waals surface area contributed by atoms with E-state index in [1.54, 1.807) is 0 Å². The van der Waals surface area contributed by atoms with E-state index in [0.717, 1.165) is 24.0 Å². The fourth-order valence-corrected chi connectivity index (χ4v) is 2.54. The number of nitrogens with one attached hydrogen (secondary N) is 2. The highest BCUT2D eigenvalue weighted by molar-refractivity contribution is 5.92. The van der Waals surface area contributed by atoms with Crippen LogP contribution in [0, 0.1) is 12.8 Å². The lowest BCUT2D eigenvalue weighted by Gasteiger charge is -2.17. The minimum Gasteiger partial charge on any atom is -0.485 e. The van der Waals surface area contributed by atoms with Gasteiger partial charge in [-0.2, -0.15) is 8.78 Å². The fraction of sp³-hybridized carbons (Fsp3) is 0.476. The lowest BCUT2D eigenvalue weighted by atomic mass is 10.1. The summed E-state index contributed by atoms with van der Waals surface area (Å²) in [6, 6.07) is 5.85. The van der Waals surface area contributed by atoms with Crippen LogP contribution in [0.5, 0.6) is 5.75 Å². The average molecular weight is 442 g/mol. The number of hydrogen-bond donors (Lipinski definition) is 2. The quantitative estimate of drug-likeness (QED) is 0.525. The van der Waals surface area contributed by atoms with E-state index < -0.39 is 24.9 Å². The molecule has 0 fully saturated rings. The zero-order valence-electron chi connectivity index (χ0n) is 17.8. The molecule has 0 aliphatic rings. The van der Waals surface area contributed by atoms with Crippen molar-refractivity contribution in [2.75, 3.05) is 18.5 Å². The highest BCUT2D eigenvalue weighted by Crippen LogP contribution is 2.24. The Morgan fingerprint density at radius 1 is 1.19 bits per heavy atom. The summed E-state index contributed by atoms with van der Waals surface area (Å²) in [5.41, 5.74) is 1.68. The Balaban J connectivity index is 2.00. The van der Waals surface area contributed by atoms with Gasteiger partial charge >= 0.3 is 12.3 Å². The summed E-state index contributed by atoms with van der Waals surface area (Å²) >= 11 is 0. The maximum absolute atomic E-state index is 12.9. The molecule has 0 aromatic carbocycles. The predicted octanol–water partition coefficient (Wildman–Crippen LogP) is 4.62. The standard InChI is InChI=1S/C21H26F4N4O2/c1-12(2)9-27-18-8-15(7-13(3)28-18)14(4)29-19(30)17-6-5-16(10-26-17)31-11-21(24,25)20(22)23/h5-8,10,12,14,20H,9,11H2,1-4H3,(H,27,28)(H,29,30). The number of ether oxygens (including phenoxy) is 1. The molecule has 1 unspecified atom stereocenters. The van der Waals surface area contributed by atoms with Gasteiger partial charge in [-0.25, -0.2) is 18.7 Å². The minimum absolute atomic E-state index is 0.0313. The molecular weight excluding hydrogens is 416 g/mol. The number of halogens is 4. The van der Waals surface area contributed by atoms with Crippen LogP contribution in [-0.4, -0.2) is 41.4 Å². The molecule has 1 atom stereocenters. The number of aryl methyl sites for hydroxylation is 1. The van der Waals surface area contributed by atoms with Gasteiger partial charge in [0.25, 0.3) is 5.91 Å². The number of nitrogens with zero attached hydrogens (tertiary/aromatic N) is 2. The molecule has 2 N–H and O–H groups in total. The van der Waals surface area contributed by atoms with Gasteiger partial charge in [0.15, 0.2) is 6.61 Å².